The topological polar surface area (TPSA) is 74.8 Å². The number of hydrogen-bond donors (Lipinski definition) is 1. The van der Waals surface area contributed by atoms with Crippen LogP contribution in [0.4, 0.5) is 0 Å². The van der Waals surface area contributed by atoms with Gasteiger partial charge in [0.25, 0.3) is 0 Å². The molecule has 2 rings (SSSR count). The lowest BCUT2D eigenvalue weighted by atomic mass is 10.3. The van der Waals surface area contributed by atoms with Crippen LogP contribution in [-0.2, 0) is 11.3 Å². The Kier molecular flexibility index (Phi) is 4.06. The summed E-state index contributed by atoms with van der Waals surface area (Å²) in [6, 6.07) is 0. The van der Waals surface area contributed by atoms with Gasteiger partial charge in [0.1, 0.15) is 5.82 Å². The molecule has 1 amide bonds. The van der Waals surface area contributed by atoms with Crippen molar-refractivity contribution < 1.29 is 4.79 Å². The third-order valence-corrected chi connectivity index (χ3v) is 3.22. The van der Waals surface area contributed by atoms with E-state index in [0.29, 0.717) is 12.4 Å². The molecule has 0 saturated heterocycles. The quantitative estimate of drug-likeness (QED) is 0.860. The van der Waals surface area contributed by atoms with Crippen molar-refractivity contribution in [3.05, 3.63) is 33.8 Å². The van der Waals surface area contributed by atoms with Crippen molar-refractivity contribution in [1.82, 2.24) is 25.1 Å². The van der Waals surface area contributed by atoms with Crippen LogP contribution in [0, 0.1) is 13.8 Å². The maximum Gasteiger partial charge on any atom is 0.246 e. The smallest absolute Gasteiger partial charge is 0.246 e. The molecule has 0 aliphatic carbocycles. The Morgan fingerprint density at radius 1 is 1.47 bits per heavy atom. The third kappa shape index (κ3) is 3.72. The Morgan fingerprint density at radius 3 is 2.84 bits per heavy atom. The van der Waals surface area contributed by atoms with E-state index in [1.807, 2.05) is 19.2 Å². The molecule has 0 saturated carbocycles. The number of amides is 1. The van der Waals surface area contributed by atoms with Crippen molar-refractivity contribution in [2.75, 3.05) is 7.05 Å². The van der Waals surface area contributed by atoms with Crippen molar-refractivity contribution in [2.24, 2.45) is 0 Å². The summed E-state index contributed by atoms with van der Waals surface area (Å²) in [5.41, 5.74) is 0.804. The second kappa shape index (κ2) is 5.75. The molecule has 100 valence electrons. The van der Waals surface area contributed by atoms with Crippen LogP contribution in [0.3, 0.4) is 0 Å². The first-order valence-electron chi connectivity index (χ1n) is 5.78. The first-order chi connectivity index (χ1) is 9.04. The van der Waals surface area contributed by atoms with Crippen molar-refractivity contribution >= 4 is 23.3 Å². The maximum atomic E-state index is 11.9. The Labute approximate surface area is 115 Å². The summed E-state index contributed by atoms with van der Waals surface area (Å²) in [6.45, 7) is 4.13. The Hall–Kier alpha value is -2.02. The van der Waals surface area contributed by atoms with Gasteiger partial charge in [-0.2, -0.15) is 5.10 Å². The lowest BCUT2D eigenvalue weighted by Gasteiger charge is -2.12. The summed E-state index contributed by atoms with van der Waals surface area (Å²) in [7, 11) is 1.71. The van der Waals surface area contributed by atoms with Crippen LogP contribution in [0.5, 0.6) is 0 Å². The predicted octanol–water partition coefficient (Wildman–Crippen LogP) is 1.55. The van der Waals surface area contributed by atoms with Crippen LogP contribution >= 0.6 is 11.3 Å². The molecule has 0 spiro atoms. The molecule has 2 aromatic rings. The zero-order chi connectivity index (χ0) is 13.8. The van der Waals surface area contributed by atoms with E-state index in [2.05, 4.69) is 20.2 Å². The van der Waals surface area contributed by atoms with Gasteiger partial charge in [0.2, 0.25) is 5.91 Å². The first kappa shape index (κ1) is 13.4. The number of nitrogens with one attached hydrogen (secondary N) is 1. The number of thiazole rings is 1. The standard InChI is InChI=1S/C12H15N5OS/c1-8-13-11(16-15-8)6-17(3)12(18)5-4-10-7-19-9(2)14-10/h4-5,7H,6H2,1-3H3,(H,13,15,16). The molecule has 0 aliphatic rings. The third-order valence-electron chi connectivity index (χ3n) is 2.43. The Balaban J connectivity index is 1.94. The molecule has 19 heavy (non-hydrogen) atoms. The van der Waals surface area contributed by atoms with E-state index in [0.717, 1.165) is 16.5 Å². The zero-order valence-corrected chi connectivity index (χ0v) is 11.9. The minimum absolute atomic E-state index is 0.104. The van der Waals surface area contributed by atoms with Gasteiger partial charge < -0.3 is 4.90 Å². The van der Waals surface area contributed by atoms with Gasteiger partial charge in [0.05, 0.1) is 17.2 Å². The molecule has 6 nitrogen and oxygen atoms in total. The summed E-state index contributed by atoms with van der Waals surface area (Å²) < 4.78 is 0. The largest absolute Gasteiger partial charge is 0.335 e. The number of rotatable bonds is 4. The van der Waals surface area contributed by atoms with Crippen LogP contribution in [0.2, 0.25) is 0 Å². The highest BCUT2D eigenvalue weighted by atomic mass is 32.1. The van der Waals surface area contributed by atoms with Gasteiger partial charge in [-0.3, -0.25) is 9.89 Å². The molecule has 2 aromatic heterocycles. The SMILES string of the molecule is Cc1nc(CN(C)C(=O)C=Cc2csc(C)n2)n[nH]1. The summed E-state index contributed by atoms with van der Waals surface area (Å²) in [5.74, 6) is 1.24. The van der Waals surface area contributed by atoms with E-state index in [1.54, 1.807) is 29.4 Å². The van der Waals surface area contributed by atoms with Crippen LogP contribution in [-0.4, -0.2) is 38.0 Å². The Morgan fingerprint density at radius 2 is 2.26 bits per heavy atom. The normalized spacial score (nSPS) is 11.1. The highest BCUT2D eigenvalue weighted by Gasteiger charge is 2.09. The number of likely N-dealkylation sites (N-methyl/N-ethyl adjacent to an activating group) is 1. The average molecular weight is 277 g/mol. The van der Waals surface area contributed by atoms with Crippen molar-refractivity contribution in [2.45, 2.75) is 20.4 Å². The van der Waals surface area contributed by atoms with E-state index in [4.69, 9.17) is 0 Å². The van der Waals surface area contributed by atoms with Crippen LogP contribution < -0.4 is 0 Å². The van der Waals surface area contributed by atoms with Crippen molar-refractivity contribution in [3.63, 3.8) is 0 Å². The van der Waals surface area contributed by atoms with Gasteiger partial charge in [-0.05, 0) is 19.9 Å². The summed E-state index contributed by atoms with van der Waals surface area (Å²) in [6.07, 6.45) is 3.22. The summed E-state index contributed by atoms with van der Waals surface area (Å²) in [5, 5.41) is 9.64. The molecular weight excluding hydrogens is 262 g/mol. The number of H-pyrrole nitrogens is 1. The lowest BCUT2D eigenvalue weighted by molar-refractivity contribution is -0.125. The van der Waals surface area contributed by atoms with Gasteiger partial charge in [-0.15, -0.1) is 11.3 Å². The summed E-state index contributed by atoms with van der Waals surface area (Å²) in [4.78, 5) is 21.9. The molecule has 0 radical (unpaired) electrons. The van der Waals surface area contributed by atoms with Gasteiger partial charge in [-0.1, -0.05) is 0 Å². The van der Waals surface area contributed by atoms with Gasteiger partial charge >= 0.3 is 0 Å². The zero-order valence-electron chi connectivity index (χ0n) is 11.0. The van der Waals surface area contributed by atoms with E-state index < -0.39 is 0 Å². The van der Waals surface area contributed by atoms with Crippen molar-refractivity contribution in [1.29, 1.82) is 0 Å². The maximum absolute atomic E-state index is 11.9. The molecule has 0 bridgehead atoms. The van der Waals surface area contributed by atoms with Crippen molar-refractivity contribution in [3.8, 4) is 0 Å². The van der Waals surface area contributed by atoms with Crippen LogP contribution in [0.15, 0.2) is 11.5 Å². The van der Waals surface area contributed by atoms with E-state index in [1.165, 1.54) is 6.08 Å². The fraction of sp³-hybridized carbons (Fsp3) is 0.333. The van der Waals surface area contributed by atoms with Gasteiger partial charge in [0, 0.05) is 18.5 Å². The number of hydrogen-bond acceptors (Lipinski definition) is 5. The van der Waals surface area contributed by atoms with E-state index in [-0.39, 0.29) is 5.91 Å². The first-order valence-corrected chi connectivity index (χ1v) is 6.66. The highest BCUT2D eigenvalue weighted by Crippen LogP contribution is 2.09. The minimum atomic E-state index is -0.104. The fourth-order valence-corrected chi connectivity index (χ4v) is 2.07. The molecule has 7 heteroatoms. The molecule has 2 heterocycles. The number of aromatic amines is 1. The second-order valence-electron chi connectivity index (χ2n) is 4.16. The lowest BCUT2D eigenvalue weighted by Crippen LogP contribution is -2.24. The minimum Gasteiger partial charge on any atom is -0.335 e. The number of carbonyl (C=O) groups is 1. The number of nitrogens with zero attached hydrogens (tertiary/aromatic N) is 4. The van der Waals surface area contributed by atoms with Crippen LogP contribution in [0.25, 0.3) is 6.08 Å². The molecule has 0 unspecified atom stereocenters. The molecule has 0 aromatic carbocycles. The fourth-order valence-electron chi connectivity index (χ4n) is 1.49. The second-order valence-corrected chi connectivity index (χ2v) is 5.22. The predicted molar refractivity (Wildman–Crippen MR) is 73.5 cm³/mol. The average Bonchev–Trinajstić information content (AvgIpc) is 2.95. The Bertz CT molecular complexity index is 601. The van der Waals surface area contributed by atoms with Gasteiger partial charge in [0.15, 0.2) is 5.82 Å². The number of aromatic nitrogens is 4. The summed E-state index contributed by atoms with van der Waals surface area (Å²) >= 11 is 1.56. The molecular formula is C12H15N5OS. The molecule has 1 N–H and O–H groups in total. The monoisotopic (exact) mass is 277 g/mol. The highest BCUT2D eigenvalue weighted by molar-refractivity contribution is 7.09. The van der Waals surface area contributed by atoms with E-state index in [9.17, 15) is 4.79 Å². The number of aryl methyl sites for hydroxylation is 2. The van der Waals surface area contributed by atoms with E-state index >= 15 is 0 Å². The molecule has 0 fully saturated rings. The number of carbonyl (C=O) groups excluding carboxylic acids is 1. The van der Waals surface area contributed by atoms with Crippen LogP contribution in [0.1, 0.15) is 22.4 Å². The molecule has 0 aliphatic heterocycles. The van der Waals surface area contributed by atoms with Gasteiger partial charge in [-0.25, -0.2) is 9.97 Å². The molecule has 0 atom stereocenters.